The van der Waals surface area contributed by atoms with Gasteiger partial charge in [0.05, 0.1) is 33.9 Å². The number of nitrogens with one attached hydrogen (secondary N) is 1. The Balaban J connectivity index is 1.30. The van der Waals surface area contributed by atoms with Crippen LogP contribution in [0.3, 0.4) is 0 Å². The van der Waals surface area contributed by atoms with Crippen molar-refractivity contribution in [3.05, 3.63) is 136 Å². The van der Waals surface area contributed by atoms with Gasteiger partial charge in [-0.25, -0.2) is 9.78 Å². The zero-order valence-corrected chi connectivity index (χ0v) is 28.5. The smallest absolute Gasteiger partial charge is 0.412 e. The number of para-hydroxylation sites is 3. The lowest BCUT2D eigenvalue weighted by atomic mass is 9.85. The molecule has 3 amide bonds. The van der Waals surface area contributed by atoms with E-state index < -0.39 is 35.9 Å². The molecule has 0 saturated carbocycles. The Morgan fingerprint density at radius 2 is 1.57 bits per heavy atom. The molecule has 1 aromatic heterocycles. The summed E-state index contributed by atoms with van der Waals surface area (Å²) in [5.74, 6) is -0.245. The van der Waals surface area contributed by atoms with Crippen LogP contribution in [0, 0.1) is 5.92 Å². The van der Waals surface area contributed by atoms with Crippen LogP contribution < -0.4 is 15.8 Å². The zero-order valence-electron chi connectivity index (χ0n) is 28.5. The number of hydrogen-bond donors (Lipinski definition) is 1. The summed E-state index contributed by atoms with van der Waals surface area (Å²) in [7, 11) is 1.54. The SMILES string of the molecule is CO[C@@]1(C[C@@H]2NC(=O)c3ccccc3-n3c2nc2ccccc2c3=O)c2ccccc2N2C(=O)[C@H](CC(C)C)N(C(=O)OCc3ccccc3)[C@@H]21. The largest absolute Gasteiger partial charge is 0.444 e. The van der Waals surface area contributed by atoms with Crippen LogP contribution in [0.4, 0.5) is 10.5 Å². The lowest BCUT2D eigenvalue weighted by molar-refractivity contribution is -0.120. The fraction of sp³-hybridized carbons (Fsp3) is 0.275. The summed E-state index contributed by atoms with van der Waals surface area (Å²) in [6, 6.07) is 29.1. The highest BCUT2D eigenvalue weighted by Crippen LogP contribution is 2.55. The van der Waals surface area contributed by atoms with Crippen LogP contribution in [-0.2, 0) is 26.5 Å². The maximum Gasteiger partial charge on any atom is 0.412 e. The van der Waals surface area contributed by atoms with Crippen LogP contribution in [0.1, 0.15) is 60.0 Å². The Kier molecular flexibility index (Phi) is 7.94. The highest BCUT2D eigenvalue weighted by molar-refractivity contribution is 6.05. The lowest BCUT2D eigenvalue weighted by Crippen LogP contribution is -2.56. The number of aromatic nitrogens is 2. The third-order valence-corrected chi connectivity index (χ3v) is 10.2. The van der Waals surface area contributed by atoms with E-state index in [0.29, 0.717) is 45.6 Å². The van der Waals surface area contributed by atoms with Crippen LogP contribution in [-0.4, -0.2) is 51.7 Å². The molecule has 4 atom stereocenters. The molecule has 11 nitrogen and oxygen atoms in total. The maximum atomic E-state index is 14.5. The Bertz CT molecular complexity index is 2250. The van der Waals surface area contributed by atoms with Crippen molar-refractivity contribution in [3.63, 3.8) is 0 Å². The molecule has 0 spiro atoms. The van der Waals surface area contributed by atoms with Crippen LogP contribution >= 0.6 is 0 Å². The monoisotopic (exact) mass is 683 g/mol. The van der Waals surface area contributed by atoms with Crippen molar-refractivity contribution < 1.29 is 23.9 Å². The second-order valence-electron chi connectivity index (χ2n) is 13.7. The number of nitrogens with zero attached hydrogens (tertiary/aromatic N) is 4. The Labute approximate surface area is 294 Å². The molecule has 4 aromatic carbocycles. The standard InChI is InChI=1S/C40H37N5O6/c1-24(2)21-33-37(48)44-32-20-12-9-17-28(32)40(50-3,38(44)45(33)39(49)51-23-25-13-5-4-6-14-25)22-30-34-41-29-18-10-7-15-26(29)36(47)43(34)31-19-11-8-16-27(31)35(46)42-30/h4-20,24,30,33,38H,21-23H2,1-3H3,(H,42,46)/t30-,33-,38+,40-/m0/s1. The van der Waals surface area contributed by atoms with E-state index in [-0.39, 0.29) is 30.4 Å². The van der Waals surface area contributed by atoms with Gasteiger partial charge in [-0.05, 0) is 48.2 Å². The molecule has 5 aromatic rings. The number of ether oxygens (including phenoxy) is 2. The number of benzene rings is 4. The molecule has 0 unspecified atom stereocenters. The third kappa shape index (κ3) is 5.10. The molecule has 1 N–H and O–H groups in total. The summed E-state index contributed by atoms with van der Waals surface area (Å²) in [5, 5.41) is 3.56. The molecular weight excluding hydrogens is 646 g/mol. The minimum absolute atomic E-state index is 0.0165. The van der Waals surface area contributed by atoms with Gasteiger partial charge in [0, 0.05) is 19.1 Å². The van der Waals surface area contributed by atoms with E-state index in [1.807, 2.05) is 74.5 Å². The first kappa shape index (κ1) is 32.4. The van der Waals surface area contributed by atoms with Gasteiger partial charge < -0.3 is 14.8 Å². The predicted molar refractivity (Wildman–Crippen MR) is 190 cm³/mol. The summed E-state index contributed by atoms with van der Waals surface area (Å²) in [4.78, 5) is 65.3. The number of carbonyl (C=O) groups is 3. The van der Waals surface area contributed by atoms with Crippen molar-refractivity contribution >= 4 is 34.5 Å². The van der Waals surface area contributed by atoms with Gasteiger partial charge in [-0.3, -0.25) is 28.8 Å². The van der Waals surface area contributed by atoms with E-state index in [2.05, 4.69) is 5.32 Å². The van der Waals surface area contributed by atoms with Gasteiger partial charge in [-0.15, -0.1) is 0 Å². The van der Waals surface area contributed by atoms with Crippen molar-refractivity contribution in [2.75, 3.05) is 12.0 Å². The molecule has 258 valence electrons. The zero-order chi connectivity index (χ0) is 35.4. The van der Waals surface area contributed by atoms with Gasteiger partial charge in [0.2, 0.25) is 0 Å². The highest BCUT2D eigenvalue weighted by Gasteiger charge is 2.65. The highest BCUT2D eigenvalue weighted by atomic mass is 16.6. The average molecular weight is 684 g/mol. The second kappa shape index (κ2) is 12.5. The predicted octanol–water partition coefficient (Wildman–Crippen LogP) is 5.84. The van der Waals surface area contributed by atoms with E-state index >= 15 is 0 Å². The molecule has 3 aliphatic rings. The second-order valence-corrected chi connectivity index (χ2v) is 13.7. The molecule has 0 aliphatic carbocycles. The molecule has 51 heavy (non-hydrogen) atoms. The van der Waals surface area contributed by atoms with Gasteiger partial charge in [-0.2, -0.15) is 0 Å². The molecule has 11 heteroatoms. The number of anilines is 1. The number of amides is 3. The molecule has 3 aliphatic heterocycles. The number of methoxy groups -OCH3 is 1. The molecule has 1 saturated heterocycles. The third-order valence-electron chi connectivity index (χ3n) is 10.2. The van der Waals surface area contributed by atoms with Gasteiger partial charge in [0.15, 0.2) is 0 Å². The normalized spacial score (nSPS) is 21.9. The quantitative estimate of drug-likeness (QED) is 0.229. The van der Waals surface area contributed by atoms with Crippen molar-refractivity contribution in [1.82, 2.24) is 19.8 Å². The van der Waals surface area contributed by atoms with Gasteiger partial charge >= 0.3 is 6.09 Å². The van der Waals surface area contributed by atoms with Crippen LogP contribution in [0.5, 0.6) is 0 Å². The van der Waals surface area contributed by atoms with Gasteiger partial charge in [0.25, 0.3) is 17.4 Å². The van der Waals surface area contributed by atoms with E-state index in [1.54, 1.807) is 54.5 Å². The van der Waals surface area contributed by atoms with Crippen LogP contribution in [0.15, 0.2) is 108 Å². The van der Waals surface area contributed by atoms with E-state index in [0.717, 1.165) is 5.56 Å². The number of rotatable bonds is 7. The summed E-state index contributed by atoms with van der Waals surface area (Å²) in [6.45, 7) is 4.03. The van der Waals surface area contributed by atoms with Gasteiger partial charge in [0.1, 0.15) is 30.2 Å². The Morgan fingerprint density at radius 3 is 2.33 bits per heavy atom. The first-order valence-corrected chi connectivity index (χ1v) is 17.1. The number of carbonyl (C=O) groups excluding carboxylic acids is 3. The van der Waals surface area contributed by atoms with Crippen molar-refractivity contribution in [3.8, 4) is 5.69 Å². The van der Waals surface area contributed by atoms with E-state index in [9.17, 15) is 19.2 Å². The van der Waals surface area contributed by atoms with Crippen molar-refractivity contribution in [1.29, 1.82) is 0 Å². The summed E-state index contributed by atoms with van der Waals surface area (Å²) in [6.07, 6.45) is -1.20. The molecule has 8 rings (SSSR count). The Morgan fingerprint density at radius 1 is 0.882 bits per heavy atom. The summed E-state index contributed by atoms with van der Waals surface area (Å²) < 4.78 is 14.0. The maximum absolute atomic E-state index is 14.5. The van der Waals surface area contributed by atoms with Crippen molar-refractivity contribution in [2.45, 2.75) is 57.1 Å². The lowest BCUT2D eigenvalue weighted by Gasteiger charge is -2.41. The first-order valence-electron chi connectivity index (χ1n) is 17.1. The molecule has 1 fully saturated rings. The van der Waals surface area contributed by atoms with E-state index in [1.165, 1.54) is 9.47 Å². The average Bonchev–Trinajstić information content (AvgIpc) is 3.54. The molecule has 0 radical (unpaired) electrons. The fourth-order valence-electron chi connectivity index (χ4n) is 7.98. The molecular formula is C40H37N5O6. The molecule has 0 bridgehead atoms. The van der Waals surface area contributed by atoms with Crippen LogP contribution in [0.2, 0.25) is 0 Å². The Hall–Kier alpha value is -5.81. The summed E-state index contributed by atoms with van der Waals surface area (Å²) >= 11 is 0. The number of hydrogen-bond acceptors (Lipinski definition) is 7. The topological polar surface area (TPSA) is 123 Å². The fourth-order valence-corrected chi connectivity index (χ4v) is 7.98. The minimum atomic E-state index is -1.38. The number of fused-ring (bicyclic) bond motifs is 7. The van der Waals surface area contributed by atoms with Crippen LogP contribution in [0.25, 0.3) is 16.6 Å². The van der Waals surface area contributed by atoms with Crippen molar-refractivity contribution in [2.24, 2.45) is 5.92 Å². The minimum Gasteiger partial charge on any atom is -0.444 e. The molecule has 4 heterocycles. The summed E-state index contributed by atoms with van der Waals surface area (Å²) in [5.41, 5.74) is 1.59. The van der Waals surface area contributed by atoms with Gasteiger partial charge in [-0.1, -0.05) is 86.6 Å². The van der Waals surface area contributed by atoms with E-state index in [4.69, 9.17) is 14.5 Å². The first-order chi connectivity index (χ1) is 24.7.